The van der Waals surface area contributed by atoms with Gasteiger partial charge in [0.1, 0.15) is 0 Å². The molecule has 0 aliphatic rings. The van der Waals surface area contributed by atoms with Crippen LogP contribution in [0.25, 0.3) is 0 Å². The minimum Gasteiger partial charge on any atom is -0.466 e. The average Bonchev–Trinajstić information content (AvgIpc) is 2.21. The van der Waals surface area contributed by atoms with Gasteiger partial charge in [-0.25, -0.2) is 0 Å². The highest BCUT2D eigenvalue weighted by Crippen LogP contribution is 2.24. The molecular weight excluding hydrogens is 228 g/mol. The molecule has 0 heterocycles. The summed E-state index contributed by atoms with van der Waals surface area (Å²) in [4.78, 5) is 11.2. The fraction of sp³-hybridized carbons (Fsp3) is 0.364. The van der Waals surface area contributed by atoms with Crippen molar-refractivity contribution in [3.05, 3.63) is 28.8 Å². The lowest BCUT2D eigenvalue weighted by atomic mass is 10.0. The van der Waals surface area contributed by atoms with Crippen molar-refractivity contribution in [1.29, 1.82) is 0 Å². The van der Waals surface area contributed by atoms with E-state index in [0.29, 0.717) is 22.9 Å². The largest absolute Gasteiger partial charge is 0.466 e. The van der Waals surface area contributed by atoms with E-state index in [1.807, 2.05) is 0 Å². The highest BCUT2D eigenvalue weighted by atomic mass is 35.5. The summed E-state index contributed by atoms with van der Waals surface area (Å²) in [7, 11) is 0. The summed E-state index contributed by atoms with van der Waals surface area (Å²) in [6.07, 6.45) is 0.0956. The maximum Gasteiger partial charge on any atom is 0.307 e. The maximum absolute atomic E-state index is 11.2. The number of rotatable bonds is 4. The van der Waals surface area contributed by atoms with Crippen LogP contribution in [-0.4, -0.2) is 12.6 Å². The zero-order valence-corrected chi connectivity index (χ0v) is 9.83. The molecule has 0 aliphatic heterocycles. The molecule has 0 spiro atoms. The van der Waals surface area contributed by atoms with Crippen LogP contribution in [0.5, 0.6) is 0 Å². The number of hydrogen-bond acceptors (Lipinski definition) is 4. The quantitative estimate of drug-likeness (QED) is 0.624. The highest BCUT2D eigenvalue weighted by Gasteiger charge is 2.15. The highest BCUT2D eigenvalue weighted by molar-refractivity contribution is 6.30. The van der Waals surface area contributed by atoms with Crippen LogP contribution in [0.4, 0.5) is 5.69 Å². The molecule has 0 radical (unpaired) electrons. The van der Waals surface area contributed by atoms with Crippen LogP contribution in [0.2, 0.25) is 5.02 Å². The SMILES string of the molecule is CCOC(=O)C[C@H](N)c1cc(Cl)ccc1N. The number of anilines is 1. The Morgan fingerprint density at radius 3 is 2.88 bits per heavy atom. The summed E-state index contributed by atoms with van der Waals surface area (Å²) in [5.74, 6) is -0.339. The predicted octanol–water partition coefficient (Wildman–Crippen LogP) is 1.88. The molecule has 4 nitrogen and oxygen atoms in total. The van der Waals surface area contributed by atoms with Crippen LogP contribution in [0, 0.1) is 0 Å². The smallest absolute Gasteiger partial charge is 0.307 e. The van der Waals surface area contributed by atoms with E-state index in [1.54, 1.807) is 25.1 Å². The molecule has 1 rings (SSSR count). The van der Waals surface area contributed by atoms with Crippen molar-refractivity contribution >= 4 is 23.3 Å². The third kappa shape index (κ3) is 3.40. The minimum atomic E-state index is -0.488. The number of esters is 1. The molecule has 0 saturated heterocycles. The summed E-state index contributed by atoms with van der Waals surface area (Å²) >= 11 is 5.83. The molecule has 0 bridgehead atoms. The first-order valence-corrected chi connectivity index (χ1v) is 5.38. The van der Waals surface area contributed by atoms with E-state index < -0.39 is 6.04 Å². The van der Waals surface area contributed by atoms with Crippen molar-refractivity contribution in [3.63, 3.8) is 0 Å². The van der Waals surface area contributed by atoms with Gasteiger partial charge in [0.05, 0.1) is 13.0 Å². The number of carbonyl (C=O) groups is 1. The number of hydrogen-bond donors (Lipinski definition) is 2. The topological polar surface area (TPSA) is 78.3 Å². The lowest BCUT2D eigenvalue weighted by Crippen LogP contribution is -2.18. The molecule has 5 heteroatoms. The number of nitrogens with two attached hydrogens (primary N) is 2. The summed E-state index contributed by atoms with van der Waals surface area (Å²) in [5, 5.41) is 0.545. The summed E-state index contributed by atoms with van der Waals surface area (Å²) in [6, 6.07) is 4.53. The van der Waals surface area contributed by atoms with Crippen LogP contribution < -0.4 is 11.5 Å². The molecule has 0 aliphatic carbocycles. The Morgan fingerprint density at radius 2 is 2.25 bits per heavy atom. The Bertz CT molecular complexity index is 382. The Hall–Kier alpha value is -1.26. The normalized spacial score (nSPS) is 12.2. The van der Waals surface area contributed by atoms with Crippen molar-refractivity contribution in [2.24, 2.45) is 5.73 Å². The van der Waals surface area contributed by atoms with Crippen molar-refractivity contribution in [1.82, 2.24) is 0 Å². The van der Waals surface area contributed by atoms with Gasteiger partial charge >= 0.3 is 5.97 Å². The fourth-order valence-electron chi connectivity index (χ4n) is 1.38. The molecule has 1 atom stereocenters. The standard InChI is InChI=1S/C11H15ClN2O2/c1-2-16-11(15)6-10(14)8-5-7(12)3-4-9(8)13/h3-5,10H,2,6,13-14H2,1H3/t10-/m0/s1. The van der Waals surface area contributed by atoms with E-state index in [0.717, 1.165) is 0 Å². The third-order valence-corrected chi connectivity index (χ3v) is 2.38. The molecular formula is C11H15ClN2O2. The van der Waals surface area contributed by atoms with Gasteiger partial charge in [0.2, 0.25) is 0 Å². The van der Waals surface area contributed by atoms with E-state index >= 15 is 0 Å². The van der Waals surface area contributed by atoms with E-state index in [-0.39, 0.29) is 12.4 Å². The molecule has 0 amide bonds. The molecule has 1 aromatic carbocycles. The van der Waals surface area contributed by atoms with Gasteiger partial charge in [-0.05, 0) is 30.7 Å². The van der Waals surface area contributed by atoms with Gasteiger partial charge in [-0.2, -0.15) is 0 Å². The van der Waals surface area contributed by atoms with Gasteiger partial charge in [0.25, 0.3) is 0 Å². The number of carbonyl (C=O) groups excluding carboxylic acids is 1. The molecule has 0 fully saturated rings. The lowest BCUT2D eigenvalue weighted by molar-refractivity contribution is -0.143. The molecule has 0 saturated carbocycles. The second kappa shape index (κ2) is 5.72. The second-order valence-electron chi connectivity index (χ2n) is 3.39. The molecule has 0 unspecified atom stereocenters. The van der Waals surface area contributed by atoms with Crippen molar-refractivity contribution in [3.8, 4) is 0 Å². The Morgan fingerprint density at radius 1 is 1.56 bits per heavy atom. The Labute approximate surface area is 99.5 Å². The zero-order valence-electron chi connectivity index (χ0n) is 9.07. The summed E-state index contributed by atoms with van der Waals surface area (Å²) in [6.45, 7) is 2.09. The molecule has 4 N–H and O–H groups in total. The maximum atomic E-state index is 11.2. The van der Waals surface area contributed by atoms with Gasteiger partial charge in [-0.1, -0.05) is 11.6 Å². The predicted molar refractivity (Wildman–Crippen MR) is 64.0 cm³/mol. The van der Waals surface area contributed by atoms with Crippen molar-refractivity contribution in [2.75, 3.05) is 12.3 Å². The van der Waals surface area contributed by atoms with Gasteiger partial charge in [0, 0.05) is 16.8 Å². The van der Waals surface area contributed by atoms with E-state index in [2.05, 4.69) is 0 Å². The number of nitrogen functional groups attached to an aromatic ring is 1. The molecule has 16 heavy (non-hydrogen) atoms. The first-order chi connectivity index (χ1) is 7.54. The lowest BCUT2D eigenvalue weighted by Gasteiger charge is -2.13. The minimum absolute atomic E-state index is 0.0956. The summed E-state index contributed by atoms with van der Waals surface area (Å²) < 4.78 is 4.81. The van der Waals surface area contributed by atoms with Gasteiger partial charge in [0.15, 0.2) is 0 Å². The molecule has 88 valence electrons. The average molecular weight is 243 g/mol. The second-order valence-corrected chi connectivity index (χ2v) is 3.83. The van der Waals surface area contributed by atoms with Gasteiger partial charge in [-0.3, -0.25) is 4.79 Å². The van der Waals surface area contributed by atoms with Gasteiger partial charge in [-0.15, -0.1) is 0 Å². The van der Waals surface area contributed by atoms with E-state index in [4.69, 9.17) is 27.8 Å². The van der Waals surface area contributed by atoms with Crippen LogP contribution >= 0.6 is 11.6 Å². The van der Waals surface area contributed by atoms with E-state index in [1.165, 1.54) is 0 Å². The zero-order chi connectivity index (χ0) is 12.1. The first kappa shape index (κ1) is 12.8. The first-order valence-electron chi connectivity index (χ1n) is 5.00. The van der Waals surface area contributed by atoms with Crippen LogP contribution in [-0.2, 0) is 9.53 Å². The number of benzene rings is 1. The molecule has 1 aromatic rings. The number of ether oxygens (including phenoxy) is 1. The van der Waals surface area contributed by atoms with Crippen LogP contribution in [0.3, 0.4) is 0 Å². The van der Waals surface area contributed by atoms with Crippen LogP contribution in [0.15, 0.2) is 18.2 Å². The molecule has 0 aromatic heterocycles. The van der Waals surface area contributed by atoms with Crippen molar-refractivity contribution < 1.29 is 9.53 Å². The third-order valence-electron chi connectivity index (χ3n) is 2.14. The number of halogens is 1. The van der Waals surface area contributed by atoms with E-state index in [9.17, 15) is 4.79 Å². The van der Waals surface area contributed by atoms with Gasteiger partial charge < -0.3 is 16.2 Å². The monoisotopic (exact) mass is 242 g/mol. The Kier molecular flexibility index (Phi) is 4.58. The Balaban J connectivity index is 2.76. The summed E-state index contributed by atoms with van der Waals surface area (Å²) in [5.41, 5.74) is 12.8. The van der Waals surface area contributed by atoms with Crippen molar-refractivity contribution in [2.45, 2.75) is 19.4 Å². The van der Waals surface area contributed by atoms with Crippen LogP contribution in [0.1, 0.15) is 24.9 Å². The fourth-order valence-corrected chi connectivity index (χ4v) is 1.56.